The summed E-state index contributed by atoms with van der Waals surface area (Å²) in [5.74, 6) is -0.392. The van der Waals surface area contributed by atoms with Crippen molar-refractivity contribution in [3.63, 3.8) is 0 Å². The molecule has 1 saturated heterocycles. The number of thioether (sulfide) groups is 1. The summed E-state index contributed by atoms with van der Waals surface area (Å²) in [5, 5.41) is 13.6. The molecule has 0 radical (unpaired) electrons. The minimum absolute atomic E-state index is 0.226. The van der Waals surface area contributed by atoms with E-state index in [0.29, 0.717) is 18.8 Å². The number of aryl methyl sites for hydroxylation is 1. The molecule has 0 saturated carbocycles. The summed E-state index contributed by atoms with van der Waals surface area (Å²) in [4.78, 5) is 27.7. The Balaban J connectivity index is 1.69. The van der Waals surface area contributed by atoms with E-state index in [1.807, 2.05) is 75.4 Å². The normalized spacial score (nSPS) is 19.6. The number of carbonyl (C=O) groups excluding carboxylic acids is 2. The third kappa shape index (κ3) is 5.47. The first-order valence-electron chi connectivity index (χ1n) is 10.4. The second-order valence-corrected chi connectivity index (χ2v) is 10.1. The lowest BCUT2D eigenvalue weighted by molar-refractivity contribution is -0.147. The molecule has 166 valence electrons. The first-order valence-corrected chi connectivity index (χ1v) is 11.4. The quantitative estimate of drug-likeness (QED) is 0.612. The fourth-order valence-corrected chi connectivity index (χ4v) is 4.99. The Morgan fingerprint density at radius 3 is 2.52 bits per heavy atom. The second kappa shape index (κ2) is 9.85. The predicted molar refractivity (Wildman–Crippen MR) is 124 cm³/mol. The van der Waals surface area contributed by atoms with Crippen molar-refractivity contribution in [2.45, 2.75) is 56.7 Å². The molecule has 3 atom stereocenters. The molecule has 3 rings (SSSR count). The van der Waals surface area contributed by atoms with Gasteiger partial charge in [0.25, 0.3) is 5.91 Å². The van der Waals surface area contributed by atoms with Gasteiger partial charge in [-0.3, -0.25) is 9.59 Å². The molecule has 1 heterocycles. The predicted octanol–water partition coefficient (Wildman–Crippen LogP) is 2.22. The molecule has 0 spiro atoms. The van der Waals surface area contributed by atoms with Crippen LogP contribution in [0, 0.1) is 6.92 Å². The van der Waals surface area contributed by atoms with Crippen molar-refractivity contribution >= 4 is 23.6 Å². The van der Waals surface area contributed by atoms with Crippen LogP contribution in [-0.2, 0) is 22.6 Å². The molecule has 2 aromatic rings. The zero-order valence-electron chi connectivity index (χ0n) is 18.2. The molecule has 2 amide bonds. The Kier molecular flexibility index (Phi) is 7.41. The van der Waals surface area contributed by atoms with Crippen molar-refractivity contribution in [1.29, 1.82) is 0 Å². The lowest BCUT2D eigenvalue weighted by Gasteiger charge is -2.32. The van der Waals surface area contributed by atoms with Crippen molar-refractivity contribution < 1.29 is 14.7 Å². The van der Waals surface area contributed by atoms with E-state index in [4.69, 9.17) is 5.73 Å². The summed E-state index contributed by atoms with van der Waals surface area (Å²) in [7, 11) is 0. The van der Waals surface area contributed by atoms with Crippen molar-refractivity contribution in [3.8, 4) is 0 Å². The van der Waals surface area contributed by atoms with Gasteiger partial charge >= 0.3 is 0 Å². The molecule has 0 aromatic heterocycles. The molecule has 1 fully saturated rings. The Morgan fingerprint density at radius 2 is 1.84 bits per heavy atom. The molecule has 7 heteroatoms. The average Bonchev–Trinajstić information content (AvgIpc) is 3.07. The lowest BCUT2D eigenvalue weighted by Crippen LogP contribution is -2.57. The van der Waals surface area contributed by atoms with Gasteiger partial charge < -0.3 is 21.1 Å². The summed E-state index contributed by atoms with van der Waals surface area (Å²) in [5.41, 5.74) is 9.23. The summed E-state index contributed by atoms with van der Waals surface area (Å²) in [6, 6.07) is 15.9. The molecule has 31 heavy (non-hydrogen) atoms. The highest BCUT2D eigenvalue weighted by molar-refractivity contribution is 8.00. The van der Waals surface area contributed by atoms with E-state index in [0.717, 1.165) is 16.7 Å². The zero-order chi connectivity index (χ0) is 22.6. The van der Waals surface area contributed by atoms with Gasteiger partial charge in [0.2, 0.25) is 5.91 Å². The van der Waals surface area contributed by atoms with Crippen LogP contribution >= 0.6 is 11.8 Å². The zero-order valence-corrected chi connectivity index (χ0v) is 19.1. The van der Waals surface area contributed by atoms with Crippen LogP contribution < -0.4 is 11.1 Å². The first kappa shape index (κ1) is 23.3. The summed E-state index contributed by atoms with van der Waals surface area (Å²) in [6.07, 6.45) is -0.996. The number of carbonyl (C=O) groups is 2. The van der Waals surface area contributed by atoms with Crippen LogP contribution in [0.5, 0.6) is 0 Å². The standard InChI is InChI=1S/C24H31N3O3S/c1-16-9-7-8-12-18(16)14-26-22(29)21-24(2,3)31-15-27(21)23(30)20(28)19(25)13-17-10-5-4-6-11-17/h4-12,19-21,28H,13-15,25H2,1-3H3,(H,26,29)/t19-,20-,21?/m0/s1. The van der Waals surface area contributed by atoms with Gasteiger partial charge in [0, 0.05) is 17.3 Å². The van der Waals surface area contributed by atoms with Crippen LogP contribution in [0.1, 0.15) is 30.5 Å². The number of rotatable bonds is 7. The van der Waals surface area contributed by atoms with E-state index >= 15 is 0 Å². The molecule has 0 bridgehead atoms. The average molecular weight is 442 g/mol. The fraction of sp³-hybridized carbons (Fsp3) is 0.417. The lowest BCUT2D eigenvalue weighted by atomic mass is 9.97. The number of nitrogens with two attached hydrogens (primary N) is 1. The van der Waals surface area contributed by atoms with Crippen LogP contribution in [0.4, 0.5) is 0 Å². The van der Waals surface area contributed by atoms with Crippen LogP contribution in [0.15, 0.2) is 54.6 Å². The maximum Gasteiger partial charge on any atom is 0.254 e. The highest BCUT2D eigenvalue weighted by Crippen LogP contribution is 2.39. The molecule has 0 aliphatic carbocycles. The van der Waals surface area contributed by atoms with Gasteiger partial charge in [-0.05, 0) is 43.9 Å². The van der Waals surface area contributed by atoms with E-state index < -0.39 is 28.8 Å². The molecule has 1 aliphatic rings. The maximum absolute atomic E-state index is 13.1. The van der Waals surface area contributed by atoms with Gasteiger partial charge in [-0.2, -0.15) is 0 Å². The Morgan fingerprint density at radius 1 is 1.19 bits per heavy atom. The molecular weight excluding hydrogens is 410 g/mol. The number of benzene rings is 2. The van der Waals surface area contributed by atoms with Gasteiger partial charge in [0.15, 0.2) is 0 Å². The van der Waals surface area contributed by atoms with Crippen molar-refractivity contribution in [2.75, 3.05) is 5.88 Å². The van der Waals surface area contributed by atoms with Gasteiger partial charge in [-0.15, -0.1) is 11.8 Å². The number of amides is 2. The number of aliphatic hydroxyl groups is 1. The second-order valence-electron chi connectivity index (χ2n) is 8.53. The molecule has 1 unspecified atom stereocenters. The number of nitrogens with one attached hydrogen (secondary N) is 1. The third-order valence-corrected chi connectivity index (χ3v) is 7.14. The van der Waals surface area contributed by atoms with Crippen molar-refractivity contribution in [3.05, 3.63) is 71.3 Å². The Hall–Kier alpha value is -2.35. The Labute approximate surface area is 188 Å². The van der Waals surface area contributed by atoms with Crippen molar-refractivity contribution in [2.24, 2.45) is 5.73 Å². The SMILES string of the molecule is Cc1ccccc1CNC(=O)C1N(C(=O)[C@@H](O)[C@@H](N)Cc2ccccc2)CSC1(C)C. The van der Waals surface area contributed by atoms with E-state index in [9.17, 15) is 14.7 Å². The number of hydrogen-bond donors (Lipinski definition) is 3. The van der Waals surface area contributed by atoms with E-state index in [-0.39, 0.29) is 5.91 Å². The van der Waals surface area contributed by atoms with Gasteiger partial charge in [0.1, 0.15) is 12.1 Å². The van der Waals surface area contributed by atoms with Gasteiger partial charge in [-0.1, -0.05) is 54.6 Å². The minimum atomic E-state index is -1.37. The number of nitrogens with zero attached hydrogens (tertiary/aromatic N) is 1. The molecular formula is C24H31N3O3S. The molecule has 4 N–H and O–H groups in total. The Bertz CT molecular complexity index is 919. The van der Waals surface area contributed by atoms with Crippen LogP contribution in [0.2, 0.25) is 0 Å². The molecule has 6 nitrogen and oxygen atoms in total. The van der Waals surface area contributed by atoms with E-state index in [1.165, 1.54) is 16.7 Å². The maximum atomic E-state index is 13.1. The van der Waals surface area contributed by atoms with E-state index in [1.54, 1.807) is 0 Å². The van der Waals surface area contributed by atoms with Crippen LogP contribution in [0.25, 0.3) is 0 Å². The highest BCUT2D eigenvalue weighted by atomic mass is 32.2. The number of aliphatic hydroxyl groups excluding tert-OH is 1. The number of hydrogen-bond acceptors (Lipinski definition) is 5. The van der Waals surface area contributed by atoms with Crippen LogP contribution in [0.3, 0.4) is 0 Å². The third-order valence-electron chi connectivity index (χ3n) is 5.76. The van der Waals surface area contributed by atoms with Gasteiger partial charge in [-0.25, -0.2) is 0 Å². The summed E-state index contributed by atoms with van der Waals surface area (Å²) < 4.78 is -0.477. The topological polar surface area (TPSA) is 95.7 Å². The van der Waals surface area contributed by atoms with Crippen LogP contribution in [-0.4, -0.2) is 50.6 Å². The fourth-order valence-electron chi connectivity index (χ4n) is 3.85. The smallest absolute Gasteiger partial charge is 0.254 e. The van der Waals surface area contributed by atoms with E-state index in [2.05, 4.69) is 5.32 Å². The largest absolute Gasteiger partial charge is 0.382 e. The minimum Gasteiger partial charge on any atom is -0.382 e. The monoisotopic (exact) mass is 441 g/mol. The summed E-state index contributed by atoms with van der Waals surface area (Å²) >= 11 is 1.52. The molecule has 1 aliphatic heterocycles. The summed E-state index contributed by atoms with van der Waals surface area (Å²) in [6.45, 7) is 6.27. The van der Waals surface area contributed by atoms with Crippen molar-refractivity contribution in [1.82, 2.24) is 10.2 Å². The van der Waals surface area contributed by atoms with Gasteiger partial charge in [0.05, 0.1) is 5.88 Å². The molecule has 2 aromatic carbocycles. The highest BCUT2D eigenvalue weighted by Gasteiger charge is 2.49. The first-order chi connectivity index (χ1) is 14.7.